The van der Waals surface area contributed by atoms with E-state index in [-0.39, 0.29) is 6.61 Å². The number of nitrogens with zero attached hydrogens (tertiary/aromatic N) is 1. The van der Waals surface area contributed by atoms with Gasteiger partial charge in [0.05, 0.1) is 16.3 Å². The molecule has 0 spiro atoms. The minimum atomic E-state index is 0.240. The summed E-state index contributed by atoms with van der Waals surface area (Å²) in [6.45, 7) is 2.14. The maximum atomic E-state index is 11.0. The summed E-state index contributed by atoms with van der Waals surface area (Å²) < 4.78 is 5.57. The number of pyridine rings is 1. The summed E-state index contributed by atoms with van der Waals surface area (Å²) >= 11 is 11.8. The number of carbonyl (C=O) groups excluding carboxylic acids is 1. The van der Waals surface area contributed by atoms with Gasteiger partial charge in [-0.3, -0.25) is 9.78 Å². The highest BCUT2D eigenvalue weighted by Gasteiger charge is 2.10. The average Bonchev–Trinajstić information content (AvgIpc) is 2.37. The van der Waals surface area contributed by atoms with Crippen LogP contribution in [0.5, 0.6) is 5.75 Å². The van der Waals surface area contributed by atoms with Crippen LogP contribution >= 0.6 is 23.2 Å². The normalized spacial score (nSPS) is 10.3. The van der Waals surface area contributed by atoms with Crippen LogP contribution in [-0.4, -0.2) is 11.3 Å². The molecule has 0 aliphatic rings. The molecule has 0 saturated carbocycles. The molecule has 0 atom stereocenters. The van der Waals surface area contributed by atoms with Crippen LogP contribution in [0.2, 0.25) is 10.0 Å². The van der Waals surface area contributed by atoms with Gasteiger partial charge in [0.25, 0.3) is 0 Å². The Balaban J connectivity index is 2.22. The molecule has 0 amide bonds. The first-order valence-corrected chi connectivity index (χ1v) is 6.35. The van der Waals surface area contributed by atoms with Gasteiger partial charge in [0, 0.05) is 10.7 Å². The number of hydrogen-bond donors (Lipinski definition) is 0. The van der Waals surface area contributed by atoms with Gasteiger partial charge in [0.1, 0.15) is 12.4 Å². The van der Waals surface area contributed by atoms with Crippen molar-refractivity contribution in [2.75, 3.05) is 0 Å². The summed E-state index contributed by atoms with van der Waals surface area (Å²) in [7, 11) is 0. The average molecular weight is 296 g/mol. The Hall–Kier alpha value is -1.58. The molecule has 2 aromatic rings. The largest absolute Gasteiger partial charge is 0.485 e. The molecular formula is C14H11Cl2NO2. The van der Waals surface area contributed by atoms with Crippen LogP contribution in [0.15, 0.2) is 30.3 Å². The van der Waals surface area contributed by atoms with E-state index in [1.54, 1.807) is 0 Å². The van der Waals surface area contributed by atoms with Crippen molar-refractivity contribution in [2.24, 2.45) is 0 Å². The fourth-order valence-electron chi connectivity index (χ4n) is 1.65. The van der Waals surface area contributed by atoms with E-state index in [1.165, 1.54) is 12.1 Å². The number of rotatable bonds is 4. The second-order valence-corrected chi connectivity index (χ2v) is 4.83. The van der Waals surface area contributed by atoms with Gasteiger partial charge in [0.2, 0.25) is 0 Å². The number of aromatic nitrogens is 1. The van der Waals surface area contributed by atoms with Crippen LogP contribution in [-0.2, 0) is 6.61 Å². The van der Waals surface area contributed by atoms with Gasteiger partial charge in [-0.1, -0.05) is 29.3 Å². The molecule has 0 saturated heterocycles. The highest BCUT2D eigenvalue weighted by atomic mass is 35.5. The lowest BCUT2D eigenvalue weighted by Crippen LogP contribution is -2.01. The standard InChI is InChI=1S/C14H11Cl2NO2/c1-9-3-2-4-12(17-9)8-19-14-10(7-18)5-11(15)6-13(14)16/h2-7H,8H2,1H3. The summed E-state index contributed by atoms with van der Waals surface area (Å²) in [4.78, 5) is 15.3. The van der Waals surface area contributed by atoms with Crippen molar-refractivity contribution in [3.05, 3.63) is 57.3 Å². The number of aryl methyl sites for hydroxylation is 1. The smallest absolute Gasteiger partial charge is 0.153 e. The van der Waals surface area contributed by atoms with Crippen molar-refractivity contribution < 1.29 is 9.53 Å². The van der Waals surface area contributed by atoms with E-state index in [0.29, 0.717) is 27.6 Å². The van der Waals surface area contributed by atoms with E-state index in [9.17, 15) is 4.79 Å². The summed E-state index contributed by atoms with van der Waals surface area (Å²) in [5.41, 5.74) is 1.99. The maximum Gasteiger partial charge on any atom is 0.153 e. The molecule has 1 aromatic heterocycles. The maximum absolute atomic E-state index is 11.0. The first kappa shape index (κ1) is 13.8. The fourth-order valence-corrected chi connectivity index (χ4v) is 2.21. The van der Waals surface area contributed by atoms with E-state index >= 15 is 0 Å². The molecule has 0 radical (unpaired) electrons. The zero-order valence-electron chi connectivity index (χ0n) is 10.2. The third-order valence-electron chi connectivity index (χ3n) is 2.47. The van der Waals surface area contributed by atoms with E-state index in [2.05, 4.69) is 4.98 Å². The Morgan fingerprint density at radius 1 is 1.32 bits per heavy atom. The Labute approximate surface area is 121 Å². The zero-order valence-corrected chi connectivity index (χ0v) is 11.7. The van der Waals surface area contributed by atoms with Crippen molar-refractivity contribution in [2.45, 2.75) is 13.5 Å². The molecule has 0 aliphatic heterocycles. The second-order valence-electron chi connectivity index (χ2n) is 3.98. The molecule has 0 fully saturated rings. The van der Waals surface area contributed by atoms with Gasteiger partial charge < -0.3 is 4.74 Å². The van der Waals surface area contributed by atoms with Gasteiger partial charge >= 0.3 is 0 Å². The van der Waals surface area contributed by atoms with Gasteiger partial charge in [-0.15, -0.1) is 0 Å². The first-order chi connectivity index (χ1) is 9.10. The van der Waals surface area contributed by atoms with Crippen LogP contribution in [0.3, 0.4) is 0 Å². The quantitative estimate of drug-likeness (QED) is 0.798. The molecule has 0 N–H and O–H groups in total. The Morgan fingerprint density at radius 3 is 2.79 bits per heavy atom. The number of halogens is 2. The van der Waals surface area contributed by atoms with Crippen molar-refractivity contribution >= 4 is 29.5 Å². The van der Waals surface area contributed by atoms with Crippen molar-refractivity contribution in [1.29, 1.82) is 0 Å². The van der Waals surface area contributed by atoms with Gasteiger partial charge in [-0.25, -0.2) is 0 Å². The van der Waals surface area contributed by atoms with E-state index in [1.807, 2.05) is 25.1 Å². The predicted octanol–water partition coefficient (Wildman–Crippen LogP) is 4.09. The topological polar surface area (TPSA) is 39.2 Å². The lowest BCUT2D eigenvalue weighted by Gasteiger charge is -2.10. The lowest BCUT2D eigenvalue weighted by molar-refractivity contribution is 0.111. The fraction of sp³-hybridized carbons (Fsp3) is 0.143. The summed E-state index contributed by atoms with van der Waals surface area (Å²) in [6.07, 6.45) is 0.663. The molecule has 1 aromatic carbocycles. The predicted molar refractivity (Wildman–Crippen MR) is 75.2 cm³/mol. The minimum Gasteiger partial charge on any atom is -0.485 e. The van der Waals surface area contributed by atoms with Gasteiger partial charge in [-0.2, -0.15) is 0 Å². The lowest BCUT2D eigenvalue weighted by atomic mass is 10.2. The van der Waals surface area contributed by atoms with Crippen LogP contribution in [0.4, 0.5) is 0 Å². The van der Waals surface area contributed by atoms with E-state index in [0.717, 1.165) is 11.4 Å². The molecule has 5 heteroatoms. The third-order valence-corrected chi connectivity index (χ3v) is 2.97. The van der Waals surface area contributed by atoms with Crippen molar-refractivity contribution in [3.63, 3.8) is 0 Å². The van der Waals surface area contributed by atoms with Crippen LogP contribution < -0.4 is 4.74 Å². The third kappa shape index (κ3) is 3.46. The Morgan fingerprint density at radius 2 is 2.11 bits per heavy atom. The number of aldehydes is 1. The molecule has 19 heavy (non-hydrogen) atoms. The number of benzene rings is 1. The number of hydrogen-bond acceptors (Lipinski definition) is 3. The number of ether oxygens (including phenoxy) is 1. The second kappa shape index (κ2) is 6.04. The highest BCUT2D eigenvalue weighted by Crippen LogP contribution is 2.31. The molecule has 2 rings (SSSR count). The molecule has 0 aliphatic carbocycles. The SMILES string of the molecule is Cc1cccc(COc2c(Cl)cc(Cl)cc2C=O)n1. The molecule has 0 unspecified atom stereocenters. The molecule has 3 nitrogen and oxygen atoms in total. The van der Waals surface area contributed by atoms with Crippen LogP contribution in [0.1, 0.15) is 21.7 Å². The Bertz CT molecular complexity index is 614. The monoisotopic (exact) mass is 295 g/mol. The highest BCUT2D eigenvalue weighted by molar-refractivity contribution is 6.36. The van der Waals surface area contributed by atoms with Gasteiger partial charge in [-0.05, 0) is 31.2 Å². The molecular weight excluding hydrogens is 285 g/mol. The van der Waals surface area contributed by atoms with Crippen molar-refractivity contribution in [3.8, 4) is 5.75 Å². The van der Waals surface area contributed by atoms with E-state index < -0.39 is 0 Å². The van der Waals surface area contributed by atoms with Crippen LogP contribution in [0.25, 0.3) is 0 Å². The number of carbonyl (C=O) groups is 1. The molecule has 1 heterocycles. The molecule has 0 bridgehead atoms. The minimum absolute atomic E-state index is 0.240. The Kier molecular flexibility index (Phi) is 4.40. The van der Waals surface area contributed by atoms with E-state index in [4.69, 9.17) is 27.9 Å². The van der Waals surface area contributed by atoms with Gasteiger partial charge in [0.15, 0.2) is 6.29 Å². The first-order valence-electron chi connectivity index (χ1n) is 5.59. The van der Waals surface area contributed by atoms with Crippen LogP contribution in [0, 0.1) is 6.92 Å². The van der Waals surface area contributed by atoms with Crippen molar-refractivity contribution in [1.82, 2.24) is 4.98 Å². The summed E-state index contributed by atoms with van der Waals surface area (Å²) in [5.74, 6) is 0.323. The summed E-state index contributed by atoms with van der Waals surface area (Å²) in [6, 6.07) is 8.69. The summed E-state index contributed by atoms with van der Waals surface area (Å²) in [5, 5.41) is 0.704. The molecule has 98 valence electrons. The zero-order chi connectivity index (χ0) is 13.8.